The number of halogens is 1. The molecule has 0 aliphatic heterocycles. The molecule has 1 N–H and O–H groups in total. The van der Waals surface area contributed by atoms with Gasteiger partial charge in [0.1, 0.15) is 0 Å². The first-order valence-electron chi connectivity index (χ1n) is 1.05. The molecule has 0 heterocycles. The van der Waals surface area contributed by atoms with Crippen molar-refractivity contribution in [3.05, 3.63) is 0 Å². The van der Waals surface area contributed by atoms with Gasteiger partial charge in [0.15, 0.2) is 6.67 Å². The fraction of sp³-hybridized carbons (Fsp3) is 0.500. The number of hydrogen-bond acceptors (Lipinski definition) is 1. The summed E-state index contributed by atoms with van der Waals surface area (Å²) < 4.78 is 10.5. The normalized spacial score (nSPS) is 6.17. The van der Waals surface area contributed by atoms with Gasteiger partial charge >= 0.3 is 5.97 Å². The maximum absolute atomic E-state index is 10.5. The van der Waals surface area contributed by atoms with Crippen molar-refractivity contribution in [1.82, 2.24) is 0 Å². The molecule has 0 saturated heterocycles. The van der Waals surface area contributed by atoms with Crippen LogP contribution in [0.5, 0.6) is 0 Å². The van der Waals surface area contributed by atoms with Gasteiger partial charge in [0, 0.05) is 0 Å². The van der Waals surface area contributed by atoms with Gasteiger partial charge in [-0.1, -0.05) is 0 Å². The lowest BCUT2D eigenvalue weighted by molar-refractivity contribution is -0.137. The van der Waals surface area contributed by atoms with Crippen molar-refractivity contribution in [2.75, 3.05) is 6.67 Å². The molecule has 0 bridgehead atoms. The Morgan fingerprint density at radius 2 is 2.00 bits per heavy atom. The molecule has 0 aromatic rings. The Morgan fingerprint density at radius 1 is 1.83 bits per heavy atom. The number of aliphatic carboxylic acids is 1. The number of carbonyl (C=O) groups is 1. The largest absolute Gasteiger partial charge is 0.479 e. The molecule has 0 rings (SSSR count). The molecule has 0 aliphatic carbocycles. The monoisotopic (exact) mass is 92.0 g/mol. The molecule has 0 amide bonds. The summed E-state index contributed by atoms with van der Waals surface area (Å²) >= 11 is 0. The molecule has 0 atom stereocenters. The number of carboxylic acid groups (broad SMARTS) is 1. The summed E-state index contributed by atoms with van der Waals surface area (Å²) in [5.74, 6) is -1.41. The van der Waals surface area contributed by atoms with Crippen LogP contribution in [0.2, 0.25) is 0 Å². The zero-order chi connectivity index (χ0) is 4.28. The summed E-state index contributed by atoms with van der Waals surface area (Å²) in [4.78, 5) is 8.99. The topological polar surface area (TPSA) is 37.3 Å². The van der Waals surface area contributed by atoms with Crippen molar-refractivity contribution < 1.29 is 14.3 Å². The van der Waals surface area contributed by atoms with E-state index in [1.165, 1.54) is 0 Å². The van der Waals surface area contributed by atoms with E-state index < -0.39 is 12.6 Å². The second-order valence-corrected chi connectivity index (χ2v) is 0.527. The maximum Gasteiger partial charge on any atom is 0.335 e. The van der Waals surface area contributed by atoms with Crippen molar-refractivity contribution in [2.24, 2.45) is 0 Å². The molecule has 0 unspecified atom stereocenters. The van der Waals surface area contributed by atoms with Gasteiger partial charge < -0.3 is 5.11 Å². The van der Waals surface area contributed by atoms with Gasteiger partial charge in [0.25, 0.3) is 0 Å². The molecule has 36 valence electrons. The molecule has 0 aromatic heterocycles. The molecule has 0 spiro atoms. The van der Waals surface area contributed by atoms with Gasteiger partial charge in [0.05, 0.1) is 8.41 Å². The van der Waals surface area contributed by atoms with Crippen LogP contribution in [0.4, 0.5) is 4.39 Å². The van der Waals surface area contributed by atoms with Gasteiger partial charge in [-0.15, -0.1) is 0 Å². The van der Waals surface area contributed by atoms with Crippen LogP contribution >= 0.6 is 0 Å². The molecular weight excluding hydrogens is 85.8 g/mol. The van der Waals surface area contributed by atoms with Crippen LogP contribution in [0.1, 0.15) is 0 Å². The Labute approximate surface area is 36.5 Å². The predicted molar refractivity (Wildman–Crippen MR) is 23.5 cm³/mol. The fourth-order valence-electron chi connectivity index (χ4n) is 0. The Hall–Kier alpha value is -0.535. The first kappa shape index (κ1) is 9.07. The molecule has 2 nitrogen and oxygen atoms in total. The van der Waals surface area contributed by atoms with Gasteiger partial charge in [-0.25, -0.2) is 9.18 Å². The summed E-state index contributed by atoms with van der Waals surface area (Å²) in [6.07, 6.45) is 0. The number of alkyl halides is 1. The van der Waals surface area contributed by atoms with Gasteiger partial charge in [-0.2, -0.15) is 0 Å². The highest BCUT2D eigenvalue weighted by Gasteiger charge is 1.85. The third-order valence-corrected chi connectivity index (χ3v) is 0.114. The Morgan fingerprint density at radius 3 is 2.00 bits per heavy atom. The molecule has 0 aromatic carbocycles. The van der Waals surface area contributed by atoms with Crippen molar-refractivity contribution >= 4 is 14.4 Å². The lowest BCUT2D eigenvalue weighted by atomic mass is 10.8. The summed E-state index contributed by atoms with van der Waals surface area (Å²) in [5, 5.41) is 7.35. The van der Waals surface area contributed by atoms with E-state index in [0.717, 1.165) is 0 Å². The zero-order valence-corrected chi connectivity index (χ0v) is 2.44. The van der Waals surface area contributed by atoms with E-state index in [1.807, 2.05) is 0 Å². The van der Waals surface area contributed by atoms with E-state index >= 15 is 0 Å². The average molecular weight is 91.9 g/mol. The third kappa shape index (κ3) is 9.81. The van der Waals surface area contributed by atoms with E-state index in [-0.39, 0.29) is 8.41 Å². The van der Waals surface area contributed by atoms with E-state index in [4.69, 9.17) is 9.90 Å². The van der Waals surface area contributed by atoms with Crippen LogP contribution in [0.25, 0.3) is 0 Å². The number of rotatable bonds is 1. The molecule has 0 fully saturated rings. The Kier molecular flexibility index (Phi) is 6.75. The number of hydrogen-bond donors (Lipinski definition) is 1. The minimum Gasteiger partial charge on any atom is -0.479 e. The van der Waals surface area contributed by atoms with Crippen LogP contribution in [0.15, 0.2) is 0 Å². The summed E-state index contributed by atoms with van der Waals surface area (Å²) in [6, 6.07) is 0. The maximum atomic E-state index is 10.5. The first-order chi connectivity index (χ1) is 2.27. The summed E-state index contributed by atoms with van der Waals surface area (Å²) in [6.45, 7) is -1.28. The molecule has 0 radical (unpaired) electrons. The fourth-order valence-corrected chi connectivity index (χ4v) is 0. The molecule has 4 heteroatoms. The van der Waals surface area contributed by atoms with E-state index in [2.05, 4.69) is 0 Å². The van der Waals surface area contributed by atoms with Crippen LogP contribution < -0.4 is 0 Å². The molecule has 0 aliphatic rings. The van der Waals surface area contributed by atoms with Crippen LogP contribution in [0.3, 0.4) is 0 Å². The zero-order valence-electron chi connectivity index (χ0n) is 2.44. The number of carboxylic acids is 1. The molecular formula is C2H6BFO2. The van der Waals surface area contributed by atoms with Gasteiger partial charge in [-0.3, -0.25) is 0 Å². The summed E-state index contributed by atoms with van der Waals surface area (Å²) in [5.41, 5.74) is 0. The first-order valence-corrected chi connectivity index (χ1v) is 1.05. The second kappa shape index (κ2) is 4.46. The molecule has 6 heavy (non-hydrogen) atoms. The van der Waals surface area contributed by atoms with Crippen LogP contribution in [0, 0.1) is 0 Å². The lowest BCUT2D eigenvalue weighted by Gasteiger charge is -1.69. The molecule has 0 saturated carbocycles. The Balaban J connectivity index is 0. The van der Waals surface area contributed by atoms with Gasteiger partial charge in [-0.05, 0) is 0 Å². The van der Waals surface area contributed by atoms with E-state index in [0.29, 0.717) is 0 Å². The standard InChI is InChI=1S/C2H3FO2.BH3/c3-1-2(4)5;/h1H2,(H,4,5);1H3. The van der Waals surface area contributed by atoms with Gasteiger partial charge in [0.2, 0.25) is 0 Å². The minimum atomic E-state index is -1.41. The summed E-state index contributed by atoms with van der Waals surface area (Å²) in [7, 11) is 0. The lowest BCUT2D eigenvalue weighted by Crippen LogP contribution is -1.93. The highest BCUT2D eigenvalue weighted by Crippen LogP contribution is 1.60. The highest BCUT2D eigenvalue weighted by molar-refractivity contribution is 5.75. The van der Waals surface area contributed by atoms with E-state index in [1.54, 1.807) is 0 Å². The second-order valence-electron chi connectivity index (χ2n) is 0.527. The minimum absolute atomic E-state index is 0. The smallest absolute Gasteiger partial charge is 0.335 e. The van der Waals surface area contributed by atoms with Crippen molar-refractivity contribution in [2.45, 2.75) is 0 Å². The van der Waals surface area contributed by atoms with Crippen molar-refractivity contribution in [3.8, 4) is 0 Å². The SMILES string of the molecule is B.O=C(O)CF. The van der Waals surface area contributed by atoms with Crippen molar-refractivity contribution in [3.63, 3.8) is 0 Å². The predicted octanol–water partition coefficient (Wildman–Crippen LogP) is -1.14. The average Bonchev–Trinajstić information content (AvgIpc) is 1.38. The van der Waals surface area contributed by atoms with E-state index in [9.17, 15) is 4.39 Å². The van der Waals surface area contributed by atoms with Crippen LogP contribution in [-0.2, 0) is 4.79 Å². The highest BCUT2D eigenvalue weighted by atomic mass is 19.1. The quantitative estimate of drug-likeness (QED) is 0.415. The van der Waals surface area contributed by atoms with Crippen molar-refractivity contribution in [1.29, 1.82) is 0 Å². The van der Waals surface area contributed by atoms with Crippen LogP contribution in [-0.4, -0.2) is 26.2 Å². The third-order valence-electron chi connectivity index (χ3n) is 0.114. The Bertz CT molecular complexity index is 46.8.